The smallest absolute Gasteiger partial charge is 0.159 e. The number of hydrogen-bond acceptors (Lipinski definition) is 2. The van der Waals surface area contributed by atoms with Crippen LogP contribution >= 0.6 is 0 Å². The number of carbonyl (C=O) groups is 2. The molecule has 0 aliphatic carbocycles. The topological polar surface area (TPSA) is 34.1 Å². The third-order valence-electron chi connectivity index (χ3n) is 1.40. The van der Waals surface area contributed by atoms with Crippen molar-refractivity contribution in [3.63, 3.8) is 0 Å². The highest BCUT2D eigenvalue weighted by Crippen LogP contribution is 1.94. The van der Waals surface area contributed by atoms with Crippen LogP contribution in [0, 0.1) is 0 Å². The summed E-state index contributed by atoms with van der Waals surface area (Å²) >= 11 is 0. The van der Waals surface area contributed by atoms with Gasteiger partial charge < -0.3 is 0 Å². The van der Waals surface area contributed by atoms with E-state index in [-0.39, 0.29) is 11.6 Å². The van der Waals surface area contributed by atoms with Crippen molar-refractivity contribution >= 4 is 11.6 Å². The number of rotatable bonds is 5. The maximum atomic E-state index is 10.7. The molecule has 0 atom stereocenters. The van der Waals surface area contributed by atoms with Gasteiger partial charge in [-0.15, -0.1) is 0 Å². The standard InChI is InChI=1S/C11H14O2/c1-9(11(3)13)7-5-4-6-8-10(2)12/h4-7H,1,8H2,2-3H3/b6-4-,7-5-. The molecule has 0 aromatic rings. The SMILES string of the molecule is C=C(/C=C\C=C/CC(C)=O)C(C)=O. The molecule has 2 heteroatoms. The van der Waals surface area contributed by atoms with Gasteiger partial charge in [0.2, 0.25) is 0 Å². The van der Waals surface area contributed by atoms with E-state index in [1.165, 1.54) is 13.8 Å². The van der Waals surface area contributed by atoms with E-state index < -0.39 is 0 Å². The largest absolute Gasteiger partial charge is 0.300 e. The fraction of sp³-hybridized carbons (Fsp3) is 0.273. The Bertz CT molecular complexity index is 270. The monoisotopic (exact) mass is 178 g/mol. The summed E-state index contributed by atoms with van der Waals surface area (Å²) in [6, 6.07) is 0. The number of Topliss-reactive ketones (excluding diaryl/α,β-unsaturated/α-hetero) is 2. The van der Waals surface area contributed by atoms with Crippen LogP contribution in [-0.4, -0.2) is 11.6 Å². The van der Waals surface area contributed by atoms with Crippen molar-refractivity contribution in [2.45, 2.75) is 20.3 Å². The summed E-state index contributed by atoms with van der Waals surface area (Å²) in [6.07, 6.45) is 7.23. The van der Waals surface area contributed by atoms with Gasteiger partial charge in [0.05, 0.1) is 0 Å². The quantitative estimate of drug-likeness (QED) is 0.478. The molecule has 0 saturated heterocycles. The summed E-state index contributed by atoms with van der Waals surface area (Å²) in [5, 5.41) is 0. The van der Waals surface area contributed by atoms with Gasteiger partial charge in [0, 0.05) is 12.0 Å². The molecule has 0 rings (SSSR count). The van der Waals surface area contributed by atoms with E-state index in [1.54, 1.807) is 24.3 Å². The van der Waals surface area contributed by atoms with E-state index in [2.05, 4.69) is 6.58 Å². The minimum absolute atomic E-state index is 0.0452. The molecule has 13 heavy (non-hydrogen) atoms. The summed E-state index contributed by atoms with van der Waals surface area (Å²) in [5.74, 6) is 0.0752. The molecule has 0 aromatic heterocycles. The highest BCUT2D eigenvalue weighted by molar-refractivity contribution is 5.95. The first-order valence-corrected chi connectivity index (χ1v) is 4.06. The lowest BCUT2D eigenvalue weighted by molar-refractivity contribution is -0.116. The second kappa shape index (κ2) is 6.12. The zero-order valence-corrected chi connectivity index (χ0v) is 8.04. The van der Waals surface area contributed by atoms with Crippen LogP contribution in [0.15, 0.2) is 36.5 Å². The Labute approximate surface area is 78.6 Å². The van der Waals surface area contributed by atoms with Gasteiger partial charge in [0.1, 0.15) is 5.78 Å². The predicted octanol–water partition coefficient (Wildman–Crippen LogP) is 2.22. The molecule has 0 radical (unpaired) electrons. The van der Waals surface area contributed by atoms with Crippen molar-refractivity contribution in [1.29, 1.82) is 0 Å². The number of ketones is 2. The molecular formula is C11H14O2. The Morgan fingerprint density at radius 2 is 1.85 bits per heavy atom. The highest BCUT2D eigenvalue weighted by Gasteiger charge is 1.91. The van der Waals surface area contributed by atoms with Gasteiger partial charge in [-0.2, -0.15) is 0 Å². The van der Waals surface area contributed by atoms with Crippen molar-refractivity contribution in [2.75, 3.05) is 0 Å². The minimum Gasteiger partial charge on any atom is -0.300 e. The summed E-state index contributed by atoms with van der Waals surface area (Å²) < 4.78 is 0. The van der Waals surface area contributed by atoms with Crippen molar-refractivity contribution in [3.8, 4) is 0 Å². The molecule has 0 amide bonds. The first-order valence-electron chi connectivity index (χ1n) is 4.06. The molecule has 0 saturated carbocycles. The second-order valence-corrected chi connectivity index (χ2v) is 2.77. The normalized spacial score (nSPS) is 10.9. The molecule has 0 aromatic carbocycles. The van der Waals surface area contributed by atoms with Crippen LogP contribution in [0.25, 0.3) is 0 Å². The average molecular weight is 178 g/mol. The lowest BCUT2D eigenvalue weighted by Gasteiger charge is -1.87. The third-order valence-corrected chi connectivity index (χ3v) is 1.40. The van der Waals surface area contributed by atoms with Gasteiger partial charge in [-0.1, -0.05) is 30.9 Å². The zero-order chi connectivity index (χ0) is 10.3. The lowest BCUT2D eigenvalue weighted by Crippen LogP contribution is -1.89. The Morgan fingerprint density at radius 3 is 2.31 bits per heavy atom. The molecular weight excluding hydrogens is 164 g/mol. The average Bonchev–Trinajstić information content (AvgIpc) is 2.02. The first kappa shape index (κ1) is 11.6. The summed E-state index contributed by atoms with van der Waals surface area (Å²) in [6.45, 7) is 6.54. The Kier molecular flexibility index (Phi) is 5.44. The fourth-order valence-electron chi connectivity index (χ4n) is 0.602. The maximum Gasteiger partial charge on any atom is 0.159 e. The van der Waals surface area contributed by atoms with E-state index in [0.717, 1.165) is 0 Å². The van der Waals surface area contributed by atoms with Crippen LogP contribution in [0.5, 0.6) is 0 Å². The molecule has 0 fully saturated rings. The van der Waals surface area contributed by atoms with Crippen LogP contribution in [0.2, 0.25) is 0 Å². The van der Waals surface area contributed by atoms with Crippen molar-refractivity contribution < 1.29 is 9.59 Å². The number of carbonyl (C=O) groups excluding carboxylic acids is 2. The second-order valence-electron chi connectivity index (χ2n) is 2.77. The van der Waals surface area contributed by atoms with E-state index in [4.69, 9.17) is 0 Å². The van der Waals surface area contributed by atoms with Crippen molar-refractivity contribution in [2.24, 2.45) is 0 Å². The van der Waals surface area contributed by atoms with Crippen LogP contribution in [0.3, 0.4) is 0 Å². The van der Waals surface area contributed by atoms with Gasteiger partial charge in [-0.05, 0) is 13.8 Å². The van der Waals surface area contributed by atoms with E-state index in [9.17, 15) is 9.59 Å². The third kappa shape index (κ3) is 6.94. The van der Waals surface area contributed by atoms with E-state index in [1.807, 2.05) is 0 Å². The number of allylic oxidation sites excluding steroid dienone is 5. The van der Waals surface area contributed by atoms with Crippen molar-refractivity contribution in [3.05, 3.63) is 36.5 Å². The predicted molar refractivity (Wildman–Crippen MR) is 53.4 cm³/mol. The molecule has 0 N–H and O–H groups in total. The molecule has 2 nitrogen and oxygen atoms in total. The highest BCUT2D eigenvalue weighted by atomic mass is 16.1. The molecule has 70 valence electrons. The minimum atomic E-state index is -0.0452. The first-order chi connectivity index (χ1) is 6.04. The molecule has 0 unspecified atom stereocenters. The van der Waals surface area contributed by atoms with Gasteiger partial charge >= 0.3 is 0 Å². The number of hydrogen-bond donors (Lipinski definition) is 0. The van der Waals surface area contributed by atoms with Crippen LogP contribution < -0.4 is 0 Å². The van der Waals surface area contributed by atoms with E-state index in [0.29, 0.717) is 12.0 Å². The Balaban J connectivity index is 3.88. The van der Waals surface area contributed by atoms with Crippen LogP contribution in [0.1, 0.15) is 20.3 Å². The van der Waals surface area contributed by atoms with Crippen LogP contribution in [-0.2, 0) is 9.59 Å². The van der Waals surface area contributed by atoms with Crippen molar-refractivity contribution in [1.82, 2.24) is 0 Å². The van der Waals surface area contributed by atoms with Gasteiger partial charge in [-0.25, -0.2) is 0 Å². The molecule has 0 heterocycles. The van der Waals surface area contributed by atoms with Crippen LogP contribution in [0.4, 0.5) is 0 Å². The lowest BCUT2D eigenvalue weighted by atomic mass is 10.2. The van der Waals surface area contributed by atoms with Gasteiger partial charge in [0.25, 0.3) is 0 Å². The van der Waals surface area contributed by atoms with Gasteiger partial charge in [-0.3, -0.25) is 9.59 Å². The Morgan fingerprint density at radius 1 is 1.23 bits per heavy atom. The fourth-order valence-corrected chi connectivity index (χ4v) is 0.602. The summed E-state index contributed by atoms with van der Waals surface area (Å²) in [5.41, 5.74) is 0.465. The molecule has 0 bridgehead atoms. The van der Waals surface area contributed by atoms with Gasteiger partial charge in [0.15, 0.2) is 5.78 Å². The molecule has 0 aliphatic heterocycles. The molecule has 0 spiro atoms. The zero-order valence-electron chi connectivity index (χ0n) is 8.04. The molecule has 0 aliphatic rings. The van der Waals surface area contributed by atoms with E-state index >= 15 is 0 Å². The summed E-state index contributed by atoms with van der Waals surface area (Å²) in [7, 11) is 0. The Hall–Kier alpha value is -1.44. The maximum absolute atomic E-state index is 10.7. The summed E-state index contributed by atoms with van der Waals surface area (Å²) in [4.78, 5) is 21.2.